The topological polar surface area (TPSA) is 84.2 Å². The van der Waals surface area contributed by atoms with Crippen molar-refractivity contribution in [1.82, 2.24) is 5.32 Å². The number of hydrogen-bond donors (Lipinski definition) is 3. The van der Waals surface area contributed by atoms with Gasteiger partial charge < -0.3 is 16.4 Å². The van der Waals surface area contributed by atoms with E-state index in [1.165, 1.54) is 0 Å². The van der Waals surface area contributed by atoms with Crippen LogP contribution in [0.2, 0.25) is 0 Å². The number of anilines is 1. The molecule has 0 heterocycles. The molecule has 1 unspecified atom stereocenters. The summed E-state index contributed by atoms with van der Waals surface area (Å²) in [6.07, 6.45) is 2.06. The zero-order valence-electron chi connectivity index (χ0n) is 12.7. The van der Waals surface area contributed by atoms with Crippen LogP contribution in [-0.2, 0) is 4.79 Å². The molecule has 1 aliphatic rings. The number of benzene rings is 2. The van der Waals surface area contributed by atoms with Gasteiger partial charge in [-0.2, -0.15) is 0 Å². The first-order valence-corrected chi connectivity index (χ1v) is 7.65. The van der Waals surface area contributed by atoms with Crippen molar-refractivity contribution in [3.05, 3.63) is 65.7 Å². The number of nitrogens with two attached hydrogens (primary N) is 1. The molecule has 0 aromatic heterocycles. The van der Waals surface area contributed by atoms with Gasteiger partial charge in [0.1, 0.15) is 6.04 Å². The normalized spacial score (nSPS) is 14.8. The second kappa shape index (κ2) is 6.52. The summed E-state index contributed by atoms with van der Waals surface area (Å²) in [4.78, 5) is 23.9. The molecule has 23 heavy (non-hydrogen) atoms. The molecule has 0 spiro atoms. The molecule has 1 atom stereocenters. The molecule has 5 nitrogen and oxygen atoms in total. The number of carbonyl (C=O) groups is 2. The Kier molecular flexibility index (Phi) is 4.28. The summed E-state index contributed by atoms with van der Waals surface area (Å²) in [6, 6.07) is 16.1. The van der Waals surface area contributed by atoms with Gasteiger partial charge in [0, 0.05) is 17.3 Å². The molecule has 2 aromatic rings. The number of carbonyl (C=O) groups excluding carboxylic acids is 2. The van der Waals surface area contributed by atoms with Crippen LogP contribution in [-0.4, -0.2) is 17.9 Å². The summed E-state index contributed by atoms with van der Waals surface area (Å²) in [5, 5.41) is 6.22. The van der Waals surface area contributed by atoms with Crippen LogP contribution in [0.25, 0.3) is 0 Å². The highest BCUT2D eigenvalue weighted by Crippen LogP contribution is 2.24. The maximum absolute atomic E-state index is 12.6. The molecule has 1 aliphatic carbocycles. The molecule has 4 N–H and O–H groups in total. The van der Waals surface area contributed by atoms with Crippen LogP contribution in [0.3, 0.4) is 0 Å². The molecule has 2 aromatic carbocycles. The summed E-state index contributed by atoms with van der Waals surface area (Å²) >= 11 is 0. The lowest BCUT2D eigenvalue weighted by atomic mass is 10.1. The fourth-order valence-electron chi connectivity index (χ4n) is 2.39. The predicted molar refractivity (Wildman–Crippen MR) is 88.9 cm³/mol. The molecule has 0 radical (unpaired) electrons. The minimum atomic E-state index is -0.514. The molecule has 1 fully saturated rings. The van der Waals surface area contributed by atoms with Gasteiger partial charge in [0.25, 0.3) is 0 Å². The third-order valence-corrected chi connectivity index (χ3v) is 3.78. The first-order valence-electron chi connectivity index (χ1n) is 7.65. The van der Waals surface area contributed by atoms with Crippen LogP contribution in [0.5, 0.6) is 0 Å². The van der Waals surface area contributed by atoms with Gasteiger partial charge in [-0.05, 0) is 36.6 Å². The lowest BCUT2D eigenvalue weighted by Gasteiger charge is -2.20. The van der Waals surface area contributed by atoms with Crippen LogP contribution in [0.15, 0.2) is 54.6 Å². The molecule has 118 valence electrons. The van der Waals surface area contributed by atoms with Crippen molar-refractivity contribution >= 4 is 17.5 Å². The maximum Gasteiger partial charge on any atom is 0.248 e. The van der Waals surface area contributed by atoms with Crippen molar-refractivity contribution in [2.24, 2.45) is 5.73 Å². The Bertz CT molecular complexity index is 711. The van der Waals surface area contributed by atoms with E-state index < -0.39 is 11.9 Å². The summed E-state index contributed by atoms with van der Waals surface area (Å²) < 4.78 is 0. The van der Waals surface area contributed by atoms with E-state index in [0.29, 0.717) is 11.3 Å². The van der Waals surface area contributed by atoms with Gasteiger partial charge in [0.05, 0.1) is 0 Å². The Morgan fingerprint density at radius 1 is 1.04 bits per heavy atom. The molecule has 0 saturated heterocycles. The van der Waals surface area contributed by atoms with E-state index in [9.17, 15) is 9.59 Å². The lowest BCUT2D eigenvalue weighted by Crippen LogP contribution is -2.34. The van der Waals surface area contributed by atoms with Crippen molar-refractivity contribution in [2.75, 3.05) is 5.32 Å². The summed E-state index contributed by atoms with van der Waals surface area (Å²) in [6.45, 7) is 0. The van der Waals surface area contributed by atoms with E-state index in [0.717, 1.165) is 18.4 Å². The highest BCUT2D eigenvalue weighted by atomic mass is 16.2. The Hall–Kier alpha value is -2.82. The number of primary amides is 1. The average molecular weight is 309 g/mol. The fourth-order valence-corrected chi connectivity index (χ4v) is 2.39. The second-order valence-corrected chi connectivity index (χ2v) is 5.72. The predicted octanol–water partition coefficient (Wildman–Crippen LogP) is 2.22. The van der Waals surface area contributed by atoms with E-state index in [4.69, 9.17) is 5.73 Å². The molecule has 3 rings (SSSR count). The van der Waals surface area contributed by atoms with E-state index in [-0.39, 0.29) is 11.9 Å². The standard InChI is InChI=1S/C18H19N3O2/c19-17(22)13-7-4-8-15(11-13)20-16(12-5-2-1-3-6-12)18(23)21-14-9-10-14/h1-8,11,14,16,20H,9-10H2,(H2,19,22)(H,21,23). The summed E-state index contributed by atoms with van der Waals surface area (Å²) in [5.41, 5.74) is 7.27. The second-order valence-electron chi connectivity index (χ2n) is 5.72. The molecule has 5 heteroatoms. The van der Waals surface area contributed by atoms with Crippen LogP contribution >= 0.6 is 0 Å². The highest BCUT2D eigenvalue weighted by Gasteiger charge is 2.28. The minimum absolute atomic E-state index is 0.0665. The zero-order valence-corrected chi connectivity index (χ0v) is 12.7. The Morgan fingerprint density at radius 2 is 1.78 bits per heavy atom. The Labute approximate surface area is 134 Å². The summed E-state index contributed by atoms with van der Waals surface area (Å²) in [5.74, 6) is -0.560. The van der Waals surface area contributed by atoms with E-state index >= 15 is 0 Å². The van der Waals surface area contributed by atoms with Crippen molar-refractivity contribution in [2.45, 2.75) is 24.9 Å². The van der Waals surface area contributed by atoms with E-state index in [2.05, 4.69) is 10.6 Å². The van der Waals surface area contributed by atoms with Gasteiger partial charge in [-0.3, -0.25) is 9.59 Å². The molecular weight excluding hydrogens is 290 g/mol. The van der Waals surface area contributed by atoms with Crippen molar-refractivity contribution in [1.29, 1.82) is 0 Å². The van der Waals surface area contributed by atoms with Crippen molar-refractivity contribution in [3.8, 4) is 0 Å². The third-order valence-electron chi connectivity index (χ3n) is 3.78. The van der Waals surface area contributed by atoms with Gasteiger partial charge in [0.2, 0.25) is 11.8 Å². The van der Waals surface area contributed by atoms with Gasteiger partial charge in [-0.25, -0.2) is 0 Å². The van der Waals surface area contributed by atoms with E-state index in [1.54, 1.807) is 18.2 Å². The molecule has 0 aliphatic heterocycles. The van der Waals surface area contributed by atoms with Crippen molar-refractivity contribution in [3.63, 3.8) is 0 Å². The number of rotatable bonds is 6. The molecular formula is C18H19N3O2. The van der Waals surface area contributed by atoms with Crippen LogP contribution < -0.4 is 16.4 Å². The third kappa shape index (κ3) is 3.88. The van der Waals surface area contributed by atoms with Gasteiger partial charge >= 0.3 is 0 Å². The van der Waals surface area contributed by atoms with Gasteiger partial charge in [-0.15, -0.1) is 0 Å². The zero-order chi connectivity index (χ0) is 16.2. The monoisotopic (exact) mass is 309 g/mol. The number of hydrogen-bond acceptors (Lipinski definition) is 3. The largest absolute Gasteiger partial charge is 0.370 e. The van der Waals surface area contributed by atoms with Crippen LogP contribution in [0.4, 0.5) is 5.69 Å². The van der Waals surface area contributed by atoms with Crippen molar-refractivity contribution < 1.29 is 9.59 Å². The van der Waals surface area contributed by atoms with E-state index in [1.807, 2.05) is 36.4 Å². The Morgan fingerprint density at radius 3 is 2.43 bits per heavy atom. The van der Waals surface area contributed by atoms with Gasteiger partial charge in [0.15, 0.2) is 0 Å². The minimum Gasteiger partial charge on any atom is -0.370 e. The fraction of sp³-hybridized carbons (Fsp3) is 0.222. The van der Waals surface area contributed by atoms with Gasteiger partial charge in [-0.1, -0.05) is 36.4 Å². The number of nitrogens with one attached hydrogen (secondary N) is 2. The Balaban J connectivity index is 1.84. The average Bonchev–Trinajstić information content (AvgIpc) is 3.37. The quantitative estimate of drug-likeness (QED) is 0.765. The molecule has 1 saturated carbocycles. The van der Waals surface area contributed by atoms with Crippen LogP contribution in [0, 0.1) is 0 Å². The smallest absolute Gasteiger partial charge is 0.248 e. The number of amides is 2. The lowest BCUT2D eigenvalue weighted by molar-refractivity contribution is -0.122. The molecule has 2 amide bonds. The SMILES string of the molecule is NC(=O)c1cccc(NC(C(=O)NC2CC2)c2ccccc2)c1. The first kappa shape index (κ1) is 15.1. The maximum atomic E-state index is 12.6. The van der Waals surface area contributed by atoms with Crippen LogP contribution in [0.1, 0.15) is 34.8 Å². The first-order chi connectivity index (χ1) is 11.1. The highest BCUT2D eigenvalue weighted by molar-refractivity contribution is 5.94. The molecule has 0 bridgehead atoms. The summed E-state index contributed by atoms with van der Waals surface area (Å²) in [7, 11) is 0.